The van der Waals surface area contributed by atoms with Crippen molar-refractivity contribution in [3.8, 4) is 22.4 Å². The van der Waals surface area contributed by atoms with Gasteiger partial charge >= 0.3 is 0 Å². The van der Waals surface area contributed by atoms with Crippen molar-refractivity contribution in [2.45, 2.75) is 6.92 Å². The van der Waals surface area contributed by atoms with E-state index in [4.69, 9.17) is 4.42 Å². The second-order valence-electron chi connectivity index (χ2n) is 7.01. The summed E-state index contributed by atoms with van der Waals surface area (Å²) in [5.74, 6) is 0. The van der Waals surface area contributed by atoms with E-state index in [0.717, 1.165) is 33.2 Å². The highest BCUT2D eigenvalue weighted by Gasteiger charge is 2.20. The van der Waals surface area contributed by atoms with Crippen molar-refractivity contribution in [3.05, 3.63) is 90.6 Å². The lowest BCUT2D eigenvalue weighted by molar-refractivity contribution is -0.660. The molecule has 0 aliphatic heterocycles. The van der Waals surface area contributed by atoms with Gasteiger partial charge in [0, 0.05) is 22.9 Å². The zero-order valence-corrected chi connectivity index (χ0v) is 15.4. The number of nitrogens with zero attached hydrogens (tertiary/aromatic N) is 1. The highest BCUT2D eigenvalue weighted by atomic mass is 16.3. The van der Waals surface area contributed by atoms with Crippen molar-refractivity contribution in [3.63, 3.8) is 0 Å². The molecule has 3 aromatic carbocycles. The number of pyridine rings is 1. The summed E-state index contributed by atoms with van der Waals surface area (Å²) in [5, 5.41) is 2.32. The molecule has 5 aromatic rings. The predicted octanol–water partition coefficient (Wildman–Crippen LogP) is 6.05. The first kappa shape index (κ1) is 15.8. The lowest BCUT2D eigenvalue weighted by atomic mass is 9.99. The zero-order chi connectivity index (χ0) is 18.4. The number of benzene rings is 3. The molecule has 0 radical (unpaired) electrons. The smallest absolute Gasteiger partial charge is 0.216 e. The van der Waals surface area contributed by atoms with Crippen molar-refractivity contribution in [2.24, 2.45) is 7.05 Å². The Balaban J connectivity index is 1.80. The fraction of sp³-hybridized carbons (Fsp3) is 0.0800. The van der Waals surface area contributed by atoms with Crippen LogP contribution in [0.3, 0.4) is 0 Å². The van der Waals surface area contributed by atoms with Gasteiger partial charge in [0.05, 0.1) is 5.56 Å². The fourth-order valence-corrected chi connectivity index (χ4v) is 3.85. The third-order valence-corrected chi connectivity index (χ3v) is 5.27. The van der Waals surface area contributed by atoms with E-state index >= 15 is 0 Å². The number of hydrogen-bond donors (Lipinski definition) is 0. The Labute approximate surface area is 158 Å². The summed E-state index contributed by atoms with van der Waals surface area (Å²) in [4.78, 5) is 0. The Morgan fingerprint density at radius 1 is 0.741 bits per heavy atom. The van der Waals surface area contributed by atoms with Crippen LogP contribution in [-0.2, 0) is 7.05 Å². The van der Waals surface area contributed by atoms with Crippen LogP contribution in [0.5, 0.6) is 0 Å². The quantitative estimate of drug-likeness (QED) is 0.354. The lowest BCUT2D eigenvalue weighted by Gasteiger charge is -2.04. The Hall–Kier alpha value is -3.39. The molecule has 0 saturated carbocycles. The molecular weight excluding hydrogens is 330 g/mol. The van der Waals surface area contributed by atoms with Gasteiger partial charge in [0.1, 0.15) is 18.2 Å². The van der Waals surface area contributed by atoms with Crippen molar-refractivity contribution in [2.75, 3.05) is 0 Å². The average molecular weight is 350 g/mol. The van der Waals surface area contributed by atoms with Gasteiger partial charge in [0.2, 0.25) is 5.69 Å². The van der Waals surface area contributed by atoms with Crippen LogP contribution in [-0.4, -0.2) is 0 Å². The van der Waals surface area contributed by atoms with E-state index < -0.39 is 0 Å². The number of rotatable bonds is 2. The largest absolute Gasteiger partial charge is 0.455 e. The molecule has 0 N–H and O–H groups in total. The Morgan fingerprint density at radius 3 is 2.33 bits per heavy atom. The Morgan fingerprint density at radius 2 is 1.52 bits per heavy atom. The van der Waals surface area contributed by atoms with Gasteiger partial charge in [0.15, 0.2) is 6.20 Å². The van der Waals surface area contributed by atoms with Crippen LogP contribution >= 0.6 is 0 Å². The van der Waals surface area contributed by atoms with Crippen molar-refractivity contribution >= 4 is 21.9 Å². The minimum absolute atomic E-state index is 0.928. The summed E-state index contributed by atoms with van der Waals surface area (Å²) in [6, 6.07) is 27.5. The number of hydrogen-bond acceptors (Lipinski definition) is 1. The molecule has 0 bridgehead atoms. The molecule has 0 fully saturated rings. The molecule has 27 heavy (non-hydrogen) atoms. The van der Waals surface area contributed by atoms with Crippen molar-refractivity contribution in [1.29, 1.82) is 0 Å². The van der Waals surface area contributed by atoms with E-state index in [9.17, 15) is 0 Å². The first-order chi connectivity index (χ1) is 13.2. The molecule has 130 valence electrons. The maximum absolute atomic E-state index is 6.42. The molecule has 0 spiro atoms. The number of aryl methyl sites for hydroxylation is 2. The first-order valence-corrected chi connectivity index (χ1v) is 9.19. The first-order valence-electron chi connectivity index (χ1n) is 9.19. The van der Waals surface area contributed by atoms with E-state index in [-0.39, 0.29) is 0 Å². The van der Waals surface area contributed by atoms with Gasteiger partial charge < -0.3 is 4.42 Å². The fourth-order valence-electron chi connectivity index (χ4n) is 3.85. The molecule has 0 aliphatic carbocycles. The molecule has 2 heteroatoms. The lowest BCUT2D eigenvalue weighted by Crippen LogP contribution is -2.30. The maximum Gasteiger partial charge on any atom is 0.216 e. The van der Waals surface area contributed by atoms with E-state index in [2.05, 4.69) is 91.5 Å². The molecule has 2 aromatic heterocycles. The second kappa shape index (κ2) is 6.10. The summed E-state index contributed by atoms with van der Waals surface area (Å²) >= 11 is 0. The number of furan rings is 1. The van der Waals surface area contributed by atoms with Crippen molar-refractivity contribution in [1.82, 2.24) is 0 Å². The molecule has 2 nitrogen and oxygen atoms in total. The van der Waals surface area contributed by atoms with E-state index in [0.29, 0.717) is 0 Å². The minimum Gasteiger partial charge on any atom is -0.455 e. The molecule has 0 aliphatic rings. The molecule has 0 atom stereocenters. The highest BCUT2D eigenvalue weighted by molar-refractivity contribution is 6.10. The van der Waals surface area contributed by atoms with Crippen LogP contribution in [0.15, 0.2) is 89.5 Å². The van der Waals surface area contributed by atoms with Crippen molar-refractivity contribution < 1.29 is 8.98 Å². The van der Waals surface area contributed by atoms with E-state index in [1.54, 1.807) is 0 Å². The second-order valence-corrected chi connectivity index (χ2v) is 7.01. The van der Waals surface area contributed by atoms with Gasteiger partial charge in [-0.25, -0.2) is 4.57 Å². The normalized spacial score (nSPS) is 11.3. The predicted molar refractivity (Wildman–Crippen MR) is 111 cm³/mol. The summed E-state index contributed by atoms with van der Waals surface area (Å²) < 4.78 is 8.57. The van der Waals surface area contributed by atoms with Crippen LogP contribution < -0.4 is 4.57 Å². The third-order valence-electron chi connectivity index (χ3n) is 5.27. The summed E-state index contributed by atoms with van der Waals surface area (Å²) in [6.07, 6.45) is 2.07. The SMILES string of the molecule is Cc1ccc2c(oc3cc(-c4ccccc4)ccc32)c1-c1cccc[n+]1C. The third kappa shape index (κ3) is 2.53. The summed E-state index contributed by atoms with van der Waals surface area (Å²) in [7, 11) is 2.07. The monoisotopic (exact) mass is 350 g/mol. The van der Waals surface area contributed by atoms with E-state index in [1.807, 2.05) is 12.1 Å². The van der Waals surface area contributed by atoms with Crippen LogP contribution in [0.25, 0.3) is 44.3 Å². The van der Waals surface area contributed by atoms with Crippen LogP contribution in [0.4, 0.5) is 0 Å². The Bertz CT molecular complexity index is 1280. The zero-order valence-electron chi connectivity index (χ0n) is 15.4. The molecule has 0 unspecified atom stereocenters. The van der Waals surface area contributed by atoms with Crippen LogP contribution in [0.2, 0.25) is 0 Å². The molecular formula is C25H20NO+. The number of aromatic nitrogens is 1. The van der Waals surface area contributed by atoms with Gasteiger partial charge in [-0.1, -0.05) is 48.5 Å². The maximum atomic E-state index is 6.42. The van der Waals surface area contributed by atoms with Gasteiger partial charge in [-0.05, 0) is 41.8 Å². The van der Waals surface area contributed by atoms with Gasteiger partial charge in [-0.2, -0.15) is 0 Å². The topological polar surface area (TPSA) is 17.0 Å². The molecule has 5 rings (SSSR count). The highest BCUT2D eigenvalue weighted by Crippen LogP contribution is 2.38. The van der Waals surface area contributed by atoms with Gasteiger partial charge in [0.25, 0.3) is 0 Å². The average Bonchev–Trinajstić information content (AvgIpc) is 3.07. The molecule has 0 amide bonds. The standard InChI is InChI=1S/C25H20NO/c1-17-11-13-21-20-14-12-19(18-8-4-3-5-9-18)16-23(20)27-25(21)24(17)22-10-6-7-15-26(22)2/h3-16H,1-2H3/q+1. The molecule has 0 saturated heterocycles. The number of fused-ring (bicyclic) bond motifs is 3. The Kier molecular flexibility index (Phi) is 3.58. The van der Waals surface area contributed by atoms with Crippen LogP contribution in [0, 0.1) is 6.92 Å². The van der Waals surface area contributed by atoms with Crippen LogP contribution in [0.1, 0.15) is 5.56 Å². The molecule has 2 heterocycles. The van der Waals surface area contributed by atoms with Gasteiger partial charge in [-0.3, -0.25) is 0 Å². The minimum atomic E-state index is 0.928. The summed E-state index contributed by atoms with van der Waals surface area (Å²) in [6.45, 7) is 2.14. The van der Waals surface area contributed by atoms with E-state index in [1.165, 1.54) is 16.7 Å². The van der Waals surface area contributed by atoms with Gasteiger partial charge in [-0.15, -0.1) is 0 Å². The summed E-state index contributed by atoms with van der Waals surface area (Å²) in [5.41, 5.74) is 7.79.